The number of benzene rings is 1. The van der Waals surface area contributed by atoms with Gasteiger partial charge in [0.1, 0.15) is 11.5 Å². The number of carbonyl (C=O) groups excluding carboxylic acids is 1. The molecule has 114 valence electrons. The Balaban J connectivity index is 1.72. The molecule has 0 aliphatic rings. The van der Waals surface area contributed by atoms with Crippen molar-refractivity contribution in [2.45, 2.75) is 32.7 Å². The van der Waals surface area contributed by atoms with Gasteiger partial charge in [0.25, 0.3) is 5.91 Å². The molecule has 2 aromatic heterocycles. The first kappa shape index (κ1) is 14.7. The molecule has 0 saturated heterocycles. The second kappa shape index (κ2) is 6.27. The van der Waals surface area contributed by atoms with Crippen LogP contribution in [0, 0.1) is 0 Å². The molecule has 0 saturated carbocycles. The number of amides is 1. The van der Waals surface area contributed by atoms with Crippen LogP contribution >= 0.6 is 11.3 Å². The van der Waals surface area contributed by atoms with Crippen LogP contribution in [0.1, 0.15) is 47.6 Å². The molecule has 0 spiro atoms. The van der Waals surface area contributed by atoms with E-state index in [9.17, 15) is 4.79 Å². The SMILES string of the molecule is CCCc1nc(C(=O)N[C@@H](C)c2nc3ccccc3[nH]2)cs1. The molecule has 22 heavy (non-hydrogen) atoms. The van der Waals surface area contributed by atoms with Crippen LogP contribution in [0.5, 0.6) is 0 Å². The van der Waals surface area contributed by atoms with Crippen LogP contribution in [-0.2, 0) is 6.42 Å². The number of aryl methyl sites for hydroxylation is 1. The molecule has 1 aromatic carbocycles. The molecule has 2 N–H and O–H groups in total. The van der Waals surface area contributed by atoms with Crippen LogP contribution in [0.4, 0.5) is 0 Å². The van der Waals surface area contributed by atoms with E-state index in [1.165, 1.54) is 11.3 Å². The zero-order valence-electron chi connectivity index (χ0n) is 12.6. The first-order valence-electron chi connectivity index (χ1n) is 7.37. The van der Waals surface area contributed by atoms with Crippen LogP contribution in [0.2, 0.25) is 0 Å². The minimum atomic E-state index is -0.198. The molecule has 6 heteroatoms. The number of hydrogen-bond acceptors (Lipinski definition) is 4. The smallest absolute Gasteiger partial charge is 0.271 e. The zero-order valence-corrected chi connectivity index (χ0v) is 13.4. The summed E-state index contributed by atoms with van der Waals surface area (Å²) >= 11 is 1.53. The number of nitrogens with one attached hydrogen (secondary N) is 2. The van der Waals surface area contributed by atoms with Gasteiger partial charge in [0.2, 0.25) is 0 Å². The molecule has 5 nitrogen and oxygen atoms in total. The third-order valence-electron chi connectivity index (χ3n) is 3.41. The van der Waals surface area contributed by atoms with Crippen molar-refractivity contribution in [1.82, 2.24) is 20.3 Å². The van der Waals surface area contributed by atoms with Crippen molar-refractivity contribution in [3.63, 3.8) is 0 Å². The van der Waals surface area contributed by atoms with Crippen LogP contribution in [0.15, 0.2) is 29.6 Å². The molecule has 0 fully saturated rings. The minimum absolute atomic E-state index is 0.161. The van der Waals surface area contributed by atoms with Gasteiger partial charge in [-0.15, -0.1) is 11.3 Å². The number of para-hydroxylation sites is 2. The van der Waals surface area contributed by atoms with Crippen molar-refractivity contribution in [3.8, 4) is 0 Å². The lowest BCUT2D eigenvalue weighted by Crippen LogP contribution is -2.27. The van der Waals surface area contributed by atoms with E-state index in [1.807, 2.05) is 36.6 Å². The van der Waals surface area contributed by atoms with Crippen LogP contribution in [0.3, 0.4) is 0 Å². The zero-order chi connectivity index (χ0) is 15.5. The summed E-state index contributed by atoms with van der Waals surface area (Å²) in [4.78, 5) is 24.4. The van der Waals surface area contributed by atoms with Crippen molar-refractivity contribution in [2.75, 3.05) is 0 Å². The highest BCUT2D eigenvalue weighted by molar-refractivity contribution is 7.09. The molecule has 0 radical (unpaired) electrons. The van der Waals surface area contributed by atoms with Gasteiger partial charge < -0.3 is 10.3 Å². The molecular formula is C16H18N4OS. The van der Waals surface area contributed by atoms with E-state index in [1.54, 1.807) is 0 Å². The summed E-state index contributed by atoms with van der Waals surface area (Å²) in [6.07, 6.45) is 1.95. The lowest BCUT2D eigenvalue weighted by atomic mass is 10.3. The van der Waals surface area contributed by atoms with Gasteiger partial charge in [0.05, 0.1) is 22.1 Å². The van der Waals surface area contributed by atoms with E-state index >= 15 is 0 Å². The van der Waals surface area contributed by atoms with Gasteiger partial charge in [-0.1, -0.05) is 19.1 Å². The van der Waals surface area contributed by atoms with Crippen molar-refractivity contribution in [2.24, 2.45) is 0 Å². The monoisotopic (exact) mass is 314 g/mol. The van der Waals surface area contributed by atoms with Crippen LogP contribution in [-0.4, -0.2) is 20.9 Å². The van der Waals surface area contributed by atoms with Gasteiger partial charge >= 0.3 is 0 Å². The highest BCUT2D eigenvalue weighted by Crippen LogP contribution is 2.17. The van der Waals surface area contributed by atoms with Crippen molar-refractivity contribution in [3.05, 3.63) is 46.2 Å². The normalized spacial score (nSPS) is 12.5. The Bertz CT molecular complexity index is 759. The molecule has 3 rings (SSSR count). The Hall–Kier alpha value is -2.21. The number of hydrogen-bond donors (Lipinski definition) is 2. The summed E-state index contributed by atoms with van der Waals surface area (Å²) in [6, 6.07) is 7.62. The number of aromatic nitrogens is 3. The molecule has 2 heterocycles. The lowest BCUT2D eigenvalue weighted by molar-refractivity contribution is 0.0934. The highest BCUT2D eigenvalue weighted by atomic mass is 32.1. The summed E-state index contributed by atoms with van der Waals surface area (Å²) in [5.41, 5.74) is 2.35. The van der Waals surface area contributed by atoms with Crippen molar-refractivity contribution >= 4 is 28.3 Å². The number of aromatic amines is 1. The number of H-pyrrole nitrogens is 1. The standard InChI is InChI=1S/C16H18N4OS/c1-3-6-14-18-13(9-22-14)16(21)17-10(2)15-19-11-7-4-5-8-12(11)20-15/h4-5,7-10H,3,6H2,1-2H3,(H,17,21)(H,19,20)/t10-/m0/s1. The Morgan fingerprint density at radius 2 is 2.18 bits per heavy atom. The third-order valence-corrected chi connectivity index (χ3v) is 4.32. The fraction of sp³-hybridized carbons (Fsp3) is 0.312. The Morgan fingerprint density at radius 3 is 2.95 bits per heavy atom. The molecular weight excluding hydrogens is 296 g/mol. The van der Waals surface area contributed by atoms with E-state index in [2.05, 4.69) is 27.2 Å². The predicted molar refractivity (Wildman–Crippen MR) is 88.1 cm³/mol. The second-order valence-electron chi connectivity index (χ2n) is 5.21. The van der Waals surface area contributed by atoms with Gasteiger partial charge in [-0.2, -0.15) is 0 Å². The highest BCUT2D eigenvalue weighted by Gasteiger charge is 2.16. The maximum absolute atomic E-state index is 12.3. The minimum Gasteiger partial charge on any atom is -0.341 e. The Morgan fingerprint density at radius 1 is 1.36 bits per heavy atom. The van der Waals surface area contributed by atoms with Gasteiger partial charge in [-0.05, 0) is 31.9 Å². The van der Waals surface area contributed by atoms with E-state index in [4.69, 9.17) is 0 Å². The first-order chi connectivity index (χ1) is 10.7. The summed E-state index contributed by atoms with van der Waals surface area (Å²) < 4.78 is 0. The average molecular weight is 314 g/mol. The fourth-order valence-corrected chi connectivity index (χ4v) is 3.14. The Kier molecular flexibility index (Phi) is 4.20. The van der Waals surface area contributed by atoms with Gasteiger partial charge in [-0.3, -0.25) is 4.79 Å². The van der Waals surface area contributed by atoms with Crippen LogP contribution in [0.25, 0.3) is 11.0 Å². The molecule has 1 amide bonds. The van der Waals surface area contributed by atoms with E-state index in [0.717, 1.165) is 34.7 Å². The van der Waals surface area contributed by atoms with E-state index < -0.39 is 0 Å². The second-order valence-corrected chi connectivity index (χ2v) is 6.15. The molecule has 0 bridgehead atoms. The number of rotatable bonds is 5. The number of imidazole rings is 1. The van der Waals surface area contributed by atoms with Crippen molar-refractivity contribution < 1.29 is 4.79 Å². The molecule has 0 unspecified atom stereocenters. The summed E-state index contributed by atoms with van der Waals surface area (Å²) in [5, 5.41) is 5.76. The average Bonchev–Trinajstić information content (AvgIpc) is 3.13. The first-order valence-corrected chi connectivity index (χ1v) is 8.25. The van der Waals surface area contributed by atoms with Gasteiger partial charge in [0.15, 0.2) is 0 Å². The largest absolute Gasteiger partial charge is 0.341 e. The van der Waals surface area contributed by atoms with E-state index in [-0.39, 0.29) is 11.9 Å². The van der Waals surface area contributed by atoms with Gasteiger partial charge in [0, 0.05) is 5.38 Å². The lowest BCUT2D eigenvalue weighted by Gasteiger charge is -2.09. The number of thiazole rings is 1. The molecule has 0 aliphatic carbocycles. The molecule has 1 atom stereocenters. The molecule has 0 aliphatic heterocycles. The maximum atomic E-state index is 12.3. The predicted octanol–water partition coefficient (Wildman–Crippen LogP) is 3.46. The fourth-order valence-electron chi connectivity index (χ4n) is 2.26. The maximum Gasteiger partial charge on any atom is 0.271 e. The number of nitrogens with zero attached hydrogens (tertiary/aromatic N) is 2. The Labute approximate surface area is 132 Å². The topological polar surface area (TPSA) is 70.7 Å². The quantitative estimate of drug-likeness (QED) is 0.757. The third kappa shape index (κ3) is 3.01. The number of carbonyl (C=O) groups is 1. The van der Waals surface area contributed by atoms with Crippen molar-refractivity contribution in [1.29, 1.82) is 0 Å². The van der Waals surface area contributed by atoms with Gasteiger partial charge in [-0.25, -0.2) is 9.97 Å². The molecule has 3 aromatic rings. The summed E-state index contributed by atoms with van der Waals surface area (Å²) in [7, 11) is 0. The van der Waals surface area contributed by atoms with E-state index in [0.29, 0.717) is 5.69 Å². The summed E-state index contributed by atoms with van der Waals surface area (Å²) in [5.74, 6) is 0.588. The number of fused-ring (bicyclic) bond motifs is 1. The van der Waals surface area contributed by atoms with Crippen LogP contribution < -0.4 is 5.32 Å². The summed E-state index contributed by atoms with van der Waals surface area (Å²) in [6.45, 7) is 4.01.